The van der Waals surface area contributed by atoms with Gasteiger partial charge in [-0.05, 0) is 54.0 Å². The number of amides is 3. The minimum absolute atomic E-state index is 0.131. The van der Waals surface area contributed by atoms with Gasteiger partial charge in [0.05, 0.1) is 0 Å². The number of ether oxygens (including phenoxy) is 1. The molecule has 2 aliphatic heterocycles. The van der Waals surface area contributed by atoms with Crippen molar-refractivity contribution in [1.82, 2.24) is 10.2 Å². The summed E-state index contributed by atoms with van der Waals surface area (Å²) in [5, 5.41) is 2.28. The molecule has 3 amide bonds. The summed E-state index contributed by atoms with van der Waals surface area (Å²) in [7, 11) is -4.88. The molecule has 2 aliphatic rings. The quantitative estimate of drug-likeness (QED) is 0.123. The Morgan fingerprint density at radius 2 is 1.00 bits per heavy atom. The summed E-state index contributed by atoms with van der Waals surface area (Å²) in [4.78, 5) is 37.2. The Bertz CT molecular complexity index is 1060. The first-order chi connectivity index (χ1) is 20.9. The fourth-order valence-corrected chi connectivity index (χ4v) is 18.7. The summed E-state index contributed by atoms with van der Waals surface area (Å²) in [5.74, 6) is -7.39. The third kappa shape index (κ3) is 9.19. The third-order valence-corrected chi connectivity index (χ3v) is 21.8. The van der Waals surface area contributed by atoms with Crippen LogP contribution in [0.25, 0.3) is 0 Å². The van der Waals surface area contributed by atoms with E-state index < -0.39 is 76.3 Å². The molecule has 14 heteroatoms. The van der Waals surface area contributed by atoms with E-state index in [-0.39, 0.29) is 33.2 Å². The van der Waals surface area contributed by atoms with Crippen LogP contribution >= 0.6 is 0 Å². The molecule has 0 aliphatic carbocycles. The van der Waals surface area contributed by atoms with E-state index in [1.54, 1.807) is 20.8 Å². The molecule has 2 fully saturated rings. The molecule has 0 aromatic rings. The van der Waals surface area contributed by atoms with Gasteiger partial charge in [-0.3, -0.25) is 9.59 Å². The number of nitrogens with one attached hydrogen (secondary N) is 1. The fraction of sp³-hybridized carbons (Fsp3) is 0.909. The van der Waals surface area contributed by atoms with Gasteiger partial charge in [-0.2, -0.15) is 0 Å². The highest BCUT2D eigenvalue weighted by molar-refractivity contribution is 6.78. The topological polar surface area (TPSA) is 94.2 Å². The van der Waals surface area contributed by atoms with Crippen LogP contribution in [0.15, 0.2) is 0 Å². The lowest BCUT2D eigenvalue weighted by atomic mass is 9.93. The molecule has 2 heterocycles. The maximum atomic E-state index is 14.3. The van der Waals surface area contributed by atoms with Crippen LogP contribution in [0.4, 0.5) is 22.4 Å². The maximum Gasteiger partial charge on any atom is 0.417 e. The second kappa shape index (κ2) is 15.2. The molecule has 0 radical (unpaired) electrons. The number of carbonyl (C=O) groups excluding carboxylic acids is 3. The van der Waals surface area contributed by atoms with Gasteiger partial charge in [-0.15, -0.1) is 0 Å². The highest BCUT2D eigenvalue weighted by atomic mass is 28.4. The van der Waals surface area contributed by atoms with Gasteiger partial charge in [0, 0.05) is 13.8 Å². The van der Waals surface area contributed by atoms with Gasteiger partial charge in [-0.1, -0.05) is 83.1 Å². The van der Waals surface area contributed by atoms with Crippen molar-refractivity contribution >= 4 is 34.5 Å². The number of β-lactam (4-membered cyclic amide) rings is 2. The van der Waals surface area contributed by atoms with E-state index in [4.69, 9.17) is 13.6 Å². The summed E-state index contributed by atoms with van der Waals surface area (Å²) >= 11 is 0. The molecule has 2 rings (SSSR count). The van der Waals surface area contributed by atoms with Crippen molar-refractivity contribution in [3.8, 4) is 0 Å². The van der Waals surface area contributed by atoms with E-state index in [2.05, 4.69) is 46.9 Å². The van der Waals surface area contributed by atoms with Gasteiger partial charge in [0.25, 0.3) is 23.7 Å². The number of alkyl halides is 4. The molecular formula is C33H62F4N2O6Si2. The van der Waals surface area contributed by atoms with Crippen LogP contribution in [0.2, 0.25) is 33.2 Å². The molecule has 0 aromatic heterocycles. The minimum atomic E-state index is -3.29. The predicted molar refractivity (Wildman–Crippen MR) is 182 cm³/mol. The molecule has 0 spiro atoms. The molecule has 0 aromatic carbocycles. The van der Waals surface area contributed by atoms with Crippen LogP contribution in [0.3, 0.4) is 0 Å². The van der Waals surface area contributed by atoms with Crippen molar-refractivity contribution in [3.63, 3.8) is 0 Å². The van der Waals surface area contributed by atoms with Crippen molar-refractivity contribution < 1.29 is 45.5 Å². The SMILES string of the molecule is CC(C)[Si](O[C@H]1C(=O)N(C(=O)OC(C)(C)C)[C@H]1C(C)(F)F)(C(C)C)C(C)C.CC(C)[Si](O[C@H]1C(=O)N[C@H]1C(C)(F)F)(C(C)C)C(C)C. The molecular weight excluding hydrogens is 653 g/mol. The highest BCUT2D eigenvalue weighted by Gasteiger charge is 2.65. The number of imide groups is 1. The number of hydrogen-bond acceptors (Lipinski definition) is 6. The molecule has 2 saturated heterocycles. The Labute approximate surface area is 282 Å². The lowest BCUT2D eigenvalue weighted by Crippen LogP contribution is -2.75. The van der Waals surface area contributed by atoms with Crippen molar-refractivity contribution in [1.29, 1.82) is 0 Å². The normalized spacial score (nSPS) is 22.9. The monoisotopic (exact) mass is 714 g/mol. The van der Waals surface area contributed by atoms with Crippen LogP contribution in [-0.2, 0) is 23.2 Å². The summed E-state index contributed by atoms with van der Waals surface area (Å²) in [5.41, 5.74) is 0.306. The first kappa shape index (κ1) is 43.5. The van der Waals surface area contributed by atoms with E-state index in [0.717, 1.165) is 6.92 Å². The zero-order valence-corrected chi connectivity index (χ0v) is 33.7. The third-order valence-electron chi connectivity index (χ3n) is 9.64. The number of likely N-dealkylation sites (tertiary alicyclic amines) is 1. The van der Waals surface area contributed by atoms with Gasteiger partial charge in [-0.25, -0.2) is 27.3 Å². The fourth-order valence-electron chi connectivity index (χ4n) is 7.72. The maximum absolute atomic E-state index is 14.3. The second-order valence-electron chi connectivity index (χ2n) is 16.2. The molecule has 1 N–H and O–H groups in total. The zero-order valence-electron chi connectivity index (χ0n) is 31.7. The van der Waals surface area contributed by atoms with Crippen LogP contribution in [0.1, 0.15) is 118 Å². The Morgan fingerprint density at radius 1 is 0.660 bits per heavy atom. The smallest absolute Gasteiger partial charge is 0.417 e. The molecule has 0 saturated carbocycles. The average Bonchev–Trinajstić information content (AvgIpc) is 2.82. The number of rotatable bonds is 12. The molecule has 276 valence electrons. The summed E-state index contributed by atoms with van der Waals surface area (Å²) in [6.07, 6.45) is -3.38. The number of nitrogens with zero attached hydrogens (tertiary/aromatic N) is 1. The van der Waals surface area contributed by atoms with Crippen molar-refractivity contribution in [2.45, 2.75) is 193 Å². The standard InChI is InChI=1S/C19H35F2NO4Si.C14H27F2NO2Si/c1-11(2)27(12(3)4,13(5)6)26-14-15(19(10,20)21)22(16(14)23)17(24)25-18(7,8)9;1-8(2)20(9(3)4,10(5)6)19-11-12(14(7,15)16)17-13(11)18/h11-15H,1-10H3;8-12H,1-7H3,(H,17,18)/t14-,15-;11-,12-/m11/s1. The molecule has 0 bridgehead atoms. The van der Waals surface area contributed by atoms with E-state index in [1.165, 1.54) is 0 Å². The molecule has 47 heavy (non-hydrogen) atoms. The number of hydrogen-bond donors (Lipinski definition) is 1. The first-order valence-electron chi connectivity index (χ1n) is 16.9. The van der Waals surface area contributed by atoms with Gasteiger partial charge in [0.2, 0.25) is 16.6 Å². The number of halogens is 4. The molecule has 4 atom stereocenters. The molecule has 8 nitrogen and oxygen atoms in total. The highest BCUT2D eigenvalue weighted by Crippen LogP contribution is 2.47. The van der Waals surface area contributed by atoms with E-state index in [0.29, 0.717) is 11.8 Å². The summed E-state index contributed by atoms with van der Waals surface area (Å²) in [6, 6.07) is -2.85. The Balaban J connectivity index is 0.000000491. The van der Waals surface area contributed by atoms with E-state index in [9.17, 15) is 31.9 Å². The Hall–Kier alpha value is -1.52. The first-order valence-corrected chi connectivity index (χ1v) is 21.2. The summed E-state index contributed by atoms with van der Waals surface area (Å²) < 4.78 is 73.3. The van der Waals surface area contributed by atoms with E-state index >= 15 is 0 Å². The largest absolute Gasteiger partial charge is 0.443 e. The minimum Gasteiger partial charge on any atom is -0.443 e. The van der Waals surface area contributed by atoms with Crippen LogP contribution in [-0.4, -0.2) is 81.2 Å². The van der Waals surface area contributed by atoms with Crippen molar-refractivity contribution in [2.24, 2.45) is 0 Å². The summed E-state index contributed by atoms with van der Waals surface area (Å²) in [6.45, 7) is 30.9. The van der Waals surface area contributed by atoms with Crippen molar-refractivity contribution in [3.05, 3.63) is 0 Å². The van der Waals surface area contributed by atoms with Crippen LogP contribution in [0.5, 0.6) is 0 Å². The lowest BCUT2D eigenvalue weighted by molar-refractivity contribution is -0.189. The van der Waals surface area contributed by atoms with Gasteiger partial charge < -0.3 is 18.9 Å². The van der Waals surface area contributed by atoms with Crippen LogP contribution in [0, 0.1) is 0 Å². The van der Waals surface area contributed by atoms with Gasteiger partial charge >= 0.3 is 6.09 Å². The Morgan fingerprint density at radius 3 is 1.26 bits per heavy atom. The number of carbonyl (C=O) groups is 3. The molecule has 0 unspecified atom stereocenters. The lowest BCUT2D eigenvalue weighted by Gasteiger charge is -2.53. The van der Waals surface area contributed by atoms with E-state index in [1.807, 2.05) is 41.5 Å². The average molecular weight is 715 g/mol. The van der Waals surface area contributed by atoms with Crippen molar-refractivity contribution in [2.75, 3.05) is 0 Å². The zero-order chi connectivity index (χ0) is 37.4. The Kier molecular flexibility index (Phi) is 14.0. The second-order valence-corrected chi connectivity index (χ2v) is 27.1. The van der Waals surface area contributed by atoms with Gasteiger partial charge in [0.1, 0.15) is 17.7 Å². The predicted octanol–water partition coefficient (Wildman–Crippen LogP) is 9.05. The van der Waals surface area contributed by atoms with Crippen LogP contribution < -0.4 is 5.32 Å². The van der Waals surface area contributed by atoms with Gasteiger partial charge in [0.15, 0.2) is 12.2 Å².